The normalized spacial score (nSPS) is 12.3. The standard InChI is InChI=1S/C13H17IN2O3/c1-8(2)10(7-14)15-13(17)12-9(3)5-4-6-11(12)16(18)19/h4-6,8,10H,7H2,1-3H3,(H,15,17). The van der Waals surface area contributed by atoms with Gasteiger partial charge in [0.05, 0.1) is 4.92 Å². The maximum Gasteiger partial charge on any atom is 0.282 e. The Hall–Kier alpha value is -1.18. The number of rotatable bonds is 5. The lowest BCUT2D eigenvalue weighted by Crippen LogP contribution is -2.40. The van der Waals surface area contributed by atoms with Gasteiger partial charge in [-0.3, -0.25) is 14.9 Å². The number of nitrogens with one attached hydrogen (secondary N) is 1. The van der Waals surface area contributed by atoms with Gasteiger partial charge in [-0.1, -0.05) is 48.6 Å². The molecule has 1 unspecified atom stereocenters. The van der Waals surface area contributed by atoms with Crippen molar-refractivity contribution in [1.29, 1.82) is 0 Å². The van der Waals surface area contributed by atoms with Gasteiger partial charge in [-0.25, -0.2) is 0 Å². The fourth-order valence-corrected chi connectivity index (χ4v) is 2.96. The zero-order chi connectivity index (χ0) is 14.6. The van der Waals surface area contributed by atoms with E-state index in [2.05, 4.69) is 27.9 Å². The van der Waals surface area contributed by atoms with Crippen LogP contribution in [0.5, 0.6) is 0 Å². The summed E-state index contributed by atoms with van der Waals surface area (Å²) in [6.07, 6.45) is 0. The van der Waals surface area contributed by atoms with Crippen LogP contribution in [0.15, 0.2) is 18.2 Å². The number of halogens is 1. The van der Waals surface area contributed by atoms with E-state index < -0.39 is 4.92 Å². The van der Waals surface area contributed by atoms with Crippen LogP contribution in [0.1, 0.15) is 29.8 Å². The molecule has 0 aliphatic carbocycles. The number of carbonyl (C=O) groups excluding carboxylic acids is 1. The van der Waals surface area contributed by atoms with Crippen LogP contribution in [0, 0.1) is 23.0 Å². The molecule has 0 saturated carbocycles. The van der Waals surface area contributed by atoms with E-state index in [-0.39, 0.29) is 29.1 Å². The summed E-state index contributed by atoms with van der Waals surface area (Å²) in [5, 5.41) is 13.9. The van der Waals surface area contributed by atoms with Gasteiger partial charge in [0.25, 0.3) is 11.6 Å². The minimum Gasteiger partial charge on any atom is -0.348 e. The summed E-state index contributed by atoms with van der Waals surface area (Å²) in [7, 11) is 0. The second-order valence-electron chi connectivity index (χ2n) is 4.70. The molecule has 0 aromatic heterocycles. The predicted molar refractivity (Wildman–Crippen MR) is 82.8 cm³/mol. The van der Waals surface area contributed by atoms with Gasteiger partial charge in [0.2, 0.25) is 0 Å². The molecule has 6 heteroatoms. The Morgan fingerprint density at radius 3 is 2.58 bits per heavy atom. The van der Waals surface area contributed by atoms with E-state index in [0.717, 1.165) is 4.43 Å². The Morgan fingerprint density at radius 2 is 2.11 bits per heavy atom. The number of aryl methyl sites for hydroxylation is 1. The average Bonchev–Trinajstić information content (AvgIpc) is 2.34. The maximum atomic E-state index is 12.2. The Morgan fingerprint density at radius 1 is 1.47 bits per heavy atom. The van der Waals surface area contributed by atoms with Crippen molar-refractivity contribution in [1.82, 2.24) is 5.32 Å². The van der Waals surface area contributed by atoms with Gasteiger partial charge in [-0.2, -0.15) is 0 Å². The first kappa shape index (κ1) is 15.9. The van der Waals surface area contributed by atoms with Crippen LogP contribution >= 0.6 is 22.6 Å². The molecule has 0 radical (unpaired) electrons. The van der Waals surface area contributed by atoms with Crippen LogP contribution in [-0.2, 0) is 0 Å². The fourth-order valence-electron chi connectivity index (χ4n) is 1.72. The van der Waals surface area contributed by atoms with E-state index in [1.807, 2.05) is 13.8 Å². The molecule has 1 aromatic rings. The monoisotopic (exact) mass is 376 g/mol. The lowest BCUT2D eigenvalue weighted by molar-refractivity contribution is -0.385. The number of amides is 1. The van der Waals surface area contributed by atoms with Crippen molar-refractivity contribution < 1.29 is 9.72 Å². The second-order valence-corrected chi connectivity index (χ2v) is 5.59. The van der Waals surface area contributed by atoms with E-state index in [9.17, 15) is 14.9 Å². The highest BCUT2D eigenvalue weighted by atomic mass is 127. The molecular formula is C13H17IN2O3. The summed E-state index contributed by atoms with van der Waals surface area (Å²) in [5.74, 6) is -0.0934. The van der Waals surface area contributed by atoms with Gasteiger partial charge in [-0.05, 0) is 18.4 Å². The molecule has 0 fully saturated rings. The maximum absolute atomic E-state index is 12.2. The van der Waals surface area contributed by atoms with Gasteiger partial charge in [0, 0.05) is 16.5 Å². The third-order valence-electron chi connectivity index (χ3n) is 2.96. The number of carbonyl (C=O) groups is 1. The molecule has 19 heavy (non-hydrogen) atoms. The summed E-state index contributed by atoms with van der Waals surface area (Å²) >= 11 is 2.20. The molecule has 0 aliphatic heterocycles. The molecule has 1 rings (SSSR count). The Labute approximate surface area is 126 Å². The van der Waals surface area contributed by atoms with E-state index in [0.29, 0.717) is 5.56 Å². The first-order chi connectivity index (χ1) is 8.88. The Kier molecular flexibility index (Phi) is 5.71. The molecule has 0 heterocycles. The molecular weight excluding hydrogens is 359 g/mol. The van der Waals surface area contributed by atoms with E-state index in [1.54, 1.807) is 19.1 Å². The van der Waals surface area contributed by atoms with Crippen molar-refractivity contribution in [2.75, 3.05) is 4.43 Å². The number of hydrogen-bond acceptors (Lipinski definition) is 3. The molecule has 104 valence electrons. The number of hydrogen-bond donors (Lipinski definition) is 1. The zero-order valence-corrected chi connectivity index (χ0v) is 13.3. The smallest absolute Gasteiger partial charge is 0.282 e. The number of nitrogens with zero attached hydrogens (tertiary/aromatic N) is 1. The molecule has 0 spiro atoms. The molecule has 0 aliphatic rings. The topological polar surface area (TPSA) is 72.2 Å². The van der Waals surface area contributed by atoms with Crippen LogP contribution in [0.2, 0.25) is 0 Å². The largest absolute Gasteiger partial charge is 0.348 e. The van der Waals surface area contributed by atoms with Crippen LogP contribution in [0.3, 0.4) is 0 Å². The summed E-state index contributed by atoms with van der Waals surface area (Å²) in [4.78, 5) is 22.7. The van der Waals surface area contributed by atoms with Gasteiger partial charge < -0.3 is 5.32 Å². The highest BCUT2D eigenvalue weighted by molar-refractivity contribution is 14.1. The van der Waals surface area contributed by atoms with Crippen LogP contribution < -0.4 is 5.32 Å². The number of alkyl halides is 1. The fraction of sp³-hybridized carbons (Fsp3) is 0.462. The van der Waals surface area contributed by atoms with Gasteiger partial charge >= 0.3 is 0 Å². The molecule has 0 bridgehead atoms. The number of nitro benzene ring substituents is 1. The quantitative estimate of drug-likeness (QED) is 0.372. The van der Waals surface area contributed by atoms with Crippen molar-refractivity contribution in [2.24, 2.45) is 5.92 Å². The second kappa shape index (κ2) is 6.83. The van der Waals surface area contributed by atoms with Gasteiger partial charge in [0.15, 0.2) is 0 Å². The van der Waals surface area contributed by atoms with Crippen LogP contribution in [0.25, 0.3) is 0 Å². The minimum atomic E-state index is -0.518. The van der Waals surface area contributed by atoms with Crippen molar-refractivity contribution in [3.63, 3.8) is 0 Å². The summed E-state index contributed by atoms with van der Waals surface area (Å²) in [6.45, 7) is 5.72. The highest BCUT2D eigenvalue weighted by Crippen LogP contribution is 2.22. The third kappa shape index (κ3) is 3.89. The average molecular weight is 376 g/mol. The SMILES string of the molecule is Cc1cccc([N+](=O)[O-])c1C(=O)NC(CI)C(C)C. The van der Waals surface area contributed by atoms with Crippen molar-refractivity contribution >= 4 is 34.2 Å². The Balaban J connectivity index is 3.09. The van der Waals surface area contributed by atoms with E-state index in [4.69, 9.17) is 0 Å². The lowest BCUT2D eigenvalue weighted by Gasteiger charge is -2.20. The van der Waals surface area contributed by atoms with Gasteiger partial charge in [-0.15, -0.1) is 0 Å². The number of nitro groups is 1. The Bertz CT molecular complexity index is 489. The van der Waals surface area contributed by atoms with Gasteiger partial charge in [0.1, 0.15) is 5.56 Å². The minimum absolute atomic E-state index is 0.00677. The summed E-state index contributed by atoms with van der Waals surface area (Å²) < 4.78 is 0.765. The van der Waals surface area contributed by atoms with Crippen molar-refractivity contribution in [3.8, 4) is 0 Å². The van der Waals surface area contributed by atoms with Crippen molar-refractivity contribution in [2.45, 2.75) is 26.8 Å². The predicted octanol–water partition coefficient (Wildman–Crippen LogP) is 3.09. The molecule has 1 atom stereocenters. The molecule has 5 nitrogen and oxygen atoms in total. The third-order valence-corrected chi connectivity index (χ3v) is 3.91. The number of benzene rings is 1. The van der Waals surface area contributed by atoms with Crippen molar-refractivity contribution in [3.05, 3.63) is 39.4 Å². The first-order valence-electron chi connectivity index (χ1n) is 5.99. The molecule has 1 N–H and O–H groups in total. The summed E-state index contributed by atoms with van der Waals surface area (Å²) in [5.41, 5.74) is 0.624. The van der Waals surface area contributed by atoms with Crippen LogP contribution in [0.4, 0.5) is 5.69 Å². The van der Waals surface area contributed by atoms with Crippen LogP contribution in [-0.4, -0.2) is 21.3 Å². The summed E-state index contributed by atoms with van der Waals surface area (Å²) in [6, 6.07) is 4.65. The molecule has 1 aromatic carbocycles. The van der Waals surface area contributed by atoms with E-state index >= 15 is 0 Å². The zero-order valence-electron chi connectivity index (χ0n) is 11.1. The highest BCUT2D eigenvalue weighted by Gasteiger charge is 2.24. The van der Waals surface area contributed by atoms with E-state index in [1.165, 1.54) is 6.07 Å². The molecule has 0 saturated heterocycles. The molecule has 1 amide bonds. The lowest BCUT2D eigenvalue weighted by atomic mass is 10.0. The first-order valence-corrected chi connectivity index (χ1v) is 7.51.